The van der Waals surface area contributed by atoms with Crippen LogP contribution < -0.4 is 0 Å². The molecule has 0 fully saturated rings. The Hall–Kier alpha value is -0.0200. The van der Waals surface area contributed by atoms with Crippen LogP contribution in [0.3, 0.4) is 0 Å². The van der Waals surface area contributed by atoms with Gasteiger partial charge in [-0.1, -0.05) is 45.2 Å². The topological polar surface area (TPSA) is 0 Å². The number of benzene rings is 1. The molecular weight excluding hydrogens is 339 g/mol. The standard InChI is InChI=1S/C13H11BrCl2S/c1-7-6-10(15)8(2)5-9(7)13(14)11-3-4-12(16)17-11/h3-6,13H,1-2H3. The van der Waals surface area contributed by atoms with Gasteiger partial charge in [-0.05, 0) is 48.7 Å². The van der Waals surface area contributed by atoms with Gasteiger partial charge in [0.05, 0.1) is 9.16 Å². The van der Waals surface area contributed by atoms with Gasteiger partial charge < -0.3 is 0 Å². The van der Waals surface area contributed by atoms with Crippen molar-refractivity contribution in [2.45, 2.75) is 18.7 Å². The van der Waals surface area contributed by atoms with Gasteiger partial charge in [-0.25, -0.2) is 0 Å². The minimum atomic E-state index is 0.177. The summed E-state index contributed by atoms with van der Waals surface area (Å²) in [6, 6.07) is 8.12. The molecule has 0 aliphatic heterocycles. The SMILES string of the molecule is Cc1cc(C(Br)c2ccc(Cl)s2)c(C)cc1Cl. The molecule has 0 N–H and O–H groups in total. The predicted molar refractivity (Wildman–Crippen MR) is 81.0 cm³/mol. The van der Waals surface area contributed by atoms with Crippen LogP contribution in [-0.4, -0.2) is 0 Å². The number of rotatable bonds is 2. The molecule has 0 saturated carbocycles. The molecule has 0 amide bonds. The van der Waals surface area contributed by atoms with E-state index in [0.29, 0.717) is 0 Å². The first-order chi connectivity index (χ1) is 7.99. The van der Waals surface area contributed by atoms with Crippen molar-refractivity contribution in [2.75, 3.05) is 0 Å². The fraction of sp³-hybridized carbons (Fsp3) is 0.231. The maximum absolute atomic E-state index is 6.11. The van der Waals surface area contributed by atoms with Crippen molar-refractivity contribution in [3.63, 3.8) is 0 Å². The molecule has 2 rings (SSSR count). The van der Waals surface area contributed by atoms with E-state index >= 15 is 0 Å². The second-order valence-corrected chi connectivity index (χ2v) is 7.03. The molecule has 0 aliphatic rings. The molecule has 1 unspecified atom stereocenters. The Morgan fingerprint density at radius 1 is 1.12 bits per heavy atom. The predicted octanol–water partition coefficient (Wildman–Crippen LogP) is 6.16. The number of hydrogen-bond donors (Lipinski definition) is 0. The normalized spacial score (nSPS) is 12.8. The fourth-order valence-electron chi connectivity index (χ4n) is 1.69. The third kappa shape index (κ3) is 2.87. The van der Waals surface area contributed by atoms with Crippen LogP contribution in [0.25, 0.3) is 0 Å². The van der Waals surface area contributed by atoms with Crippen molar-refractivity contribution in [3.05, 3.63) is 55.2 Å². The van der Waals surface area contributed by atoms with Gasteiger partial charge in [-0.2, -0.15) is 0 Å². The van der Waals surface area contributed by atoms with Gasteiger partial charge in [0.25, 0.3) is 0 Å². The zero-order valence-electron chi connectivity index (χ0n) is 9.43. The minimum absolute atomic E-state index is 0.177. The largest absolute Gasteiger partial charge is 0.127 e. The summed E-state index contributed by atoms with van der Waals surface area (Å²) in [4.78, 5) is 1.38. The highest BCUT2D eigenvalue weighted by Gasteiger charge is 2.16. The van der Waals surface area contributed by atoms with E-state index in [0.717, 1.165) is 14.9 Å². The molecule has 1 aromatic carbocycles. The number of thiophene rings is 1. The Balaban J connectivity index is 2.43. The van der Waals surface area contributed by atoms with Crippen LogP contribution in [0.4, 0.5) is 0 Å². The molecule has 90 valence electrons. The molecule has 0 bridgehead atoms. The van der Waals surface area contributed by atoms with Gasteiger partial charge in [0.2, 0.25) is 0 Å². The molecular formula is C13H11BrCl2S. The van der Waals surface area contributed by atoms with Crippen molar-refractivity contribution >= 4 is 50.5 Å². The van der Waals surface area contributed by atoms with Crippen molar-refractivity contribution in [1.82, 2.24) is 0 Å². The van der Waals surface area contributed by atoms with Gasteiger partial charge in [0.1, 0.15) is 0 Å². The Morgan fingerprint density at radius 2 is 1.82 bits per heavy atom. The van der Waals surface area contributed by atoms with E-state index in [2.05, 4.69) is 35.0 Å². The molecule has 0 aliphatic carbocycles. The van der Waals surface area contributed by atoms with E-state index in [4.69, 9.17) is 23.2 Å². The van der Waals surface area contributed by atoms with Crippen LogP contribution >= 0.6 is 50.5 Å². The molecule has 1 heterocycles. The second-order valence-electron chi connectivity index (χ2n) is 3.96. The molecule has 4 heteroatoms. The summed E-state index contributed by atoms with van der Waals surface area (Å²) in [7, 11) is 0. The second kappa shape index (κ2) is 5.31. The summed E-state index contributed by atoms with van der Waals surface area (Å²) in [5.74, 6) is 0. The lowest BCUT2D eigenvalue weighted by Crippen LogP contribution is -1.95. The van der Waals surface area contributed by atoms with E-state index in [1.807, 2.05) is 19.1 Å². The zero-order chi connectivity index (χ0) is 12.6. The van der Waals surface area contributed by atoms with Crippen molar-refractivity contribution in [3.8, 4) is 0 Å². The average Bonchev–Trinajstić information content (AvgIpc) is 2.69. The monoisotopic (exact) mass is 348 g/mol. The first kappa shape index (κ1) is 13.4. The lowest BCUT2D eigenvalue weighted by molar-refractivity contribution is 1.16. The summed E-state index contributed by atoms with van der Waals surface area (Å²) in [5, 5.41) is 0.815. The summed E-state index contributed by atoms with van der Waals surface area (Å²) in [6.45, 7) is 4.09. The highest BCUT2D eigenvalue weighted by Crippen LogP contribution is 2.39. The first-order valence-electron chi connectivity index (χ1n) is 5.15. The van der Waals surface area contributed by atoms with E-state index in [1.165, 1.54) is 16.0 Å². The van der Waals surface area contributed by atoms with E-state index in [9.17, 15) is 0 Å². The van der Waals surface area contributed by atoms with Crippen molar-refractivity contribution in [1.29, 1.82) is 0 Å². The molecule has 2 aromatic rings. The van der Waals surface area contributed by atoms with Crippen LogP contribution in [0.2, 0.25) is 9.36 Å². The van der Waals surface area contributed by atoms with Gasteiger partial charge >= 0.3 is 0 Å². The maximum Gasteiger partial charge on any atom is 0.0931 e. The van der Waals surface area contributed by atoms with Crippen LogP contribution in [0.1, 0.15) is 26.4 Å². The molecule has 17 heavy (non-hydrogen) atoms. The Morgan fingerprint density at radius 3 is 2.41 bits per heavy atom. The van der Waals surface area contributed by atoms with Gasteiger partial charge in [-0.3, -0.25) is 0 Å². The molecule has 0 spiro atoms. The number of hydrogen-bond acceptors (Lipinski definition) is 1. The van der Waals surface area contributed by atoms with Crippen LogP contribution in [0.5, 0.6) is 0 Å². The smallest absolute Gasteiger partial charge is 0.0931 e. The Bertz CT molecular complexity index is 548. The number of halogens is 3. The Kier molecular flexibility index (Phi) is 4.19. The molecule has 1 atom stereocenters. The quantitative estimate of drug-likeness (QED) is 0.570. The third-order valence-electron chi connectivity index (χ3n) is 2.66. The van der Waals surface area contributed by atoms with E-state index in [1.54, 1.807) is 11.3 Å². The van der Waals surface area contributed by atoms with Crippen LogP contribution in [-0.2, 0) is 0 Å². The summed E-state index contributed by atoms with van der Waals surface area (Å²) < 4.78 is 0.813. The van der Waals surface area contributed by atoms with E-state index in [-0.39, 0.29) is 4.83 Å². The van der Waals surface area contributed by atoms with Crippen LogP contribution in [0, 0.1) is 13.8 Å². The average molecular weight is 350 g/mol. The summed E-state index contributed by atoms with van der Waals surface area (Å²) in [5.41, 5.74) is 3.52. The van der Waals surface area contributed by atoms with Crippen molar-refractivity contribution < 1.29 is 0 Å². The lowest BCUT2D eigenvalue weighted by Gasteiger charge is -2.13. The molecule has 0 radical (unpaired) electrons. The Labute approximate surface area is 124 Å². The van der Waals surface area contributed by atoms with E-state index < -0.39 is 0 Å². The van der Waals surface area contributed by atoms with Crippen LogP contribution in [0.15, 0.2) is 24.3 Å². The van der Waals surface area contributed by atoms with Gasteiger partial charge in [0, 0.05) is 9.90 Å². The third-order valence-corrected chi connectivity index (χ3v) is 5.66. The maximum atomic E-state index is 6.11. The van der Waals surface area contributed by atoms with Gasteiger partial charge in [-0.15, -0.1) is 11.3 Å². The molecule has 0 saturated heterocycles. The number of aryl methyl sites for hydroxylation is 2. The molecule has 1 aromatic heterocycles. The lowest BCUT2D eigenvalue weighted by atomic mass is 10.0. The fourth-order valence-corrected chi connectivity index (χ4v) is 3.90. The highest BCUT2D eigenvalue weighted by atomic mass is 79.9. The zero-order valence-corrected chi connectivity index (χ0v) is 13.3. The van der Waals surface area contributed by atoms with Crippen molar-refractivity contribution in [2.24, 2.45) is 0 Å². The first-order valence-corrected chi connectivity index (χ1v) is 7.64. The summed E-state index contributed by atoms with van der Waals surface area (Å²) >= 11 is 17.4. The summed E-state index contributed by atoms with van der Waals surface area (Å²) in [6.07, 6.45) is 0. The van der Waals surface area contributed by atoms with Gasteiger partial charge in [0.15, 0.2) is 0 Å². The molecule has 0 nitrogen and oxygen atoms in total. The number of alkyl halides is 1. The highest BCUT2D eigenvalue weighted by molar-refractivity contribution is 9.09. The minimum Gasteiger partial charge on any atom is -0.127 e.